The van der Waals surface area contributed by atoms with Crippen LogP contribution < -0.4 is 15.6 Å². The Morgan fingerprint density at radius 1 is 1.34 bits per heavy atom. The van der Waals surface area contributed by atoms with Gasteiger partial charge < -0.3 is 19.9 Å². The summed E-state index contributed by atoms with van der Waals surface area (Å²) in [7, 11) is 0. The van der Waals surface area contributed by atoms with Crippen molar-refractivity contribution in [2.24, 2.45) is 5.92 Å². The normalized spacial score (nSPS) is 28.6. The van der Waals surface area contributed by atoms with E-state index in [-0.39, 0.29) is 11.8 Å². The van der Waals surface area contributed by atoms with Gasteiger partial charge in [0.25, 0.3) is 0 Å². The van der Waals surface area contributed by atoms with Crippen LogP contribution >= 0.6 is 0 Å². The second-order valence-corrected chi connectivity index (χ2v) is 8.50. The van der Waals surface area contributed by atoms with Crippen LogP contribution in [0.4, 0.5) is 14.5 Å². The maximum absolute atomic E-state index is 15.2. The molecule has 3 heterocycles. The number of carboxylic acid groups (broad SMARTS) is 1. The Morgan fingerprint density at radius 2 is 2.10 bits per heavy atom. The number of nitrogens with one attached hydrogen (secondary N) is 1. The van der Waals surface area contributed by atoms with Crippen LogP contribution in [0.5, 0.6) is 0 Å². The average molecular weight is 403 g/mol. The summed E-state index contributed by atoms with van der Waals surface area (Å²) in [6, 6.07) is 0.929. The number of carbonyl (C=O) groups is 1. The van der Waals surface area contributed by atoms with Gasteiger partial charge in [0.05, 0.1) is 17.2 Å². The van der Waals surface area contributed by atoms with E-state index in [1.807, 2.05) is 4.90 Å². The number of nitrogens with zero attached hydrogens (tertiary/aromatic N) is 2. The Balaban J connectivity index is 1.70. The molecule has 1 aromatic heterocycles. The molecule has 1 unspecified atom stereocenters. The molecule has 2 N–H and O–H groups in total. The van der Waals surface area contributed by atoms with Gasteiger partial charge in [-0.1, -0.05) is 0 Å². The largest absolute Gasteiger partial charge is 0.477 e. The van der Waals surface area contributed by atoms with Crippen molar-refractivity contribution in [3.63, 3.8) is 0 Å². The first kappa shape index (κ1) is 18.5. The van der Waals surface area contributed by atoms with E-state index in [0.29, 0.717) is 35.3 Å². The monoisotopic (exact) mass is 403 g/mol. The molecule has 1 aliphatic carbocycles. The fraction of sp³-hybridized carbons (Fsp3) is 0.524. The van der Waals surface area contributed by atoms with E-state index in [1.165, 1.54) is 10.8 Å². The molecular weight excluding hydrogens is 380 g/mol. The summed E-state index contributed by atoms with van der Waals surface area (Å²) in [6.45, 7) is 4.11. The van der Waals surface area contributed by atoms with E-state index < -0.39 is 35.0 Å². The predicted octanol–water partition coefficient (Wildman–Crippen LogP) is 2.62. The summed E-state index contributed by atoms with van der Waals surface area (Å²) in [5.74, 6) is -1.47. The molecule has 2 saturated heterocycles. The third-order valence-electron chi connectivity index (χ3n) is 6.66. The van der Waals surface area contributed by atoms with Gasteiger partial charge in [-0.25, -0.2) is 13.6 Å². The van der Waals surface area contributed by atoms with Crippen LogP contribution in [0.15, 0.2) is 17.1 Å². The first-order chi connectivity index (χ1) is 13.9. The molecule has 2 aliphatic heterocycles. The van der Waals surface area contributed by atoms with E-state index in [1.54, 1.807) is 6.92 Å². The number of aromatic nitrogens is 1. The highest BCUT2D eigenvalue weighted by Crippen LogP contribution is 2.43. The first-order valence-corrected chi connectivity index (χ1v) is 10.1. The minimum atomic E-state index is -1.39. The summed E-state index contributed by atoms with van der Waals surface area (Å²) in [5, 5.41) is 12.9. The van der Waals surface area contributed by atoms with E-state index in [4.69, 9.17) is 0 Å². The van der Waals surface area contributed by atoms with Crippen LogP contribution in [-0.2, 0) is 0 Å². The van der Waals surface area contributed by atoms with Gasteiger partial charge in [0.1, 0.15) is 17.6 Å². The molecule has 3 fully saturated rings. The Morgan fingerprint density at radius 3 is 2.76 bits per heavy atom. The third-order valence-corrected chi connectivity index (χ3v) is 6.66. The molecule has 2 aromatic rings. The van der Waals surface area contributed by atoms with Crippen molar-refractivity contribution in [1.29, 1.82) is 0 Å². The predicted molar refractivity (Wildman–Crippen MR) is 105 cm³/mol. The average Bonchev–Trinajstić information content (AvgIpc) is 3.24. The van der Waals surface area contributed by atoms with Crippen LogP contribution in [0.3, 0.4) is 0 Å². The maximum Gasteiger partial charge on any atom is 0.341 e. The van der Waals surface area contributed by atoms with Crippen molar-refractivity contribution >= 4 is 22.6 Å². The fourth-order valence-electron chi connectivity index (χ4n) is 5.14. The van der Waals surface area contributed by atoms with Gasteiger partial charge in [0.2, 0.25) is 5.43 Å². The molecule has 8 heteroatoms. The lowest BCUT2D eigenvalue weighted by molar-refractivity contribution is 0.0694. The number of anilines is 1. The molecule has 0 bridgehead atoms. The number of aromatic carboxylic acids is 1. The number of hydrogen-bond donors (Lipinski definition) is 2. The van der Waals surface area contributed by atoms with Crippen LogP contribution in [-0.4, -0.2) is 47.5 Å². The second kappa shape index (κ2) is 6.52. The molecule has 154 valence electrons. The van der Waals surface area contributed by atoms with Crippen molar-refractivity contribution in [3.05, 3.63) is 39.4 Å². The van der Waals surface area contributed by atoms with Crippen molar-refractivity contribution in [3.8, 4) is 0 Å². The van der Waals surface area contributed by atoms with Gasteiger partial charge in [-0.15, -0.1) is 0 Å². The maximum atomic E-state index is 15.2. The molecule has 0 radical (unpaired) electrons. The number of piperidine rings is 1. The molecule has 6 nitrogen and oxygen atoms in total. The van der Waals surface area contributed by atoms with E-state index in [0.717, 1.165) is 32.0 Å². The standard InChI is InChI=1S/C21H23F2N3O3/c1-10-18-12(20(27)13(21(28)29)8-26(18)17-6-14(17)22)5-15(23)19(10)25-7-11-3-2-4-24-16(11)9-25/h5,8,11,14,16-17,24H,2-4,6-7,9H2,1H3,(H,28,29)/t11?,14-,16+,17+/m0/s1. The lowest BCUT2D eigenvalue weighted by atomic mass is 9.94. The molecule has 5 rings (SSSR count). The van der Waals surface area contributed by atoms with Crippen LogP contribution in [0, 0.1) is 18.7 Å². The SMILES string of the molecule is Cc1c(N2CC3CCCN[C@@H]3C2)c(F)cc2c(=O)c(C(=O)O)cn([C@@H]3C[C@@H]3F)c12. The fourth-order valence-corrected chi connectivity index (χ4v) is 5.14. The topological polar surface area (TPSA) is 74.6 Å². The van der Waals surface area contributed by atoms with E-state index in [9.17, 15) is 19.1 Å². The third kappa shape index (κ3) is 2.84. The first-order valence-electron chi connectivity index (χ1n) is 10.1. The van der Waals surface area contributed by atoms with Gasteiger partial charge in [-0.05, 0) is 43.9 Å². The number of halogens is 2. The number of pyridine rings is 1. The minimum absolute atomic E-state index is 0.00233. The van der Waals surface area contributed by atoms with Gasteiger partial charge in [0.15, 0.2) is 0 Å². The highest BCUT2D eigenvalue weighted by molar-refractivity contribution is 5.95. The zero-order valence-corrected chi connectivity index (χ0v) is 16.1. The lowest BCUT2D eigenvalue weighted by Gasteiger charge is -2.24. The minimum Gasteiger partial charge on any atom is -0.477 e. The number of fused-ring (bicyclic) bond motifs is 2. The molecule has 0 spiro atoms. The molecule has 0 amide bonds. The number of benzene rings is 1. The smallest absolute Gasteiger partial charge is 0.341 e. The molecule has 4 atom stereocenters. The number of aryl methyl sites for hydroxylation is 1. The Bertz CT molecular complexity index is 1070. The molecule has 1 saturated carbocycles. The number of alkyl halides is 1. The Kier molecular flexibility index (Phi) is 4.17. The van der Waals surface area contributed by atoms with Gasteiger partial charge in [-0.3, -0.25) is 4.79 Å². The van der Waals surface area contributed by atoms with Crippen LogP contribution in [0.2, 0.25) is 0 Å². The Labute approximate surface area is 166 Å². The van der Waals surface area contributed by atoms with Crippen molar-refractivity contribution in [2.75, 3.05) is 24.5 Å². The van der Waals surface area contributed by atoms with Gasteiger partial charge in [-0.2, -0.15) is 0 Å². The van der Waals surface area contributed by atoms with Crippen LogP contribution in [0.25, 0.3) is 10.9 Å². The Hall–Kier alpha value is -2.48. The molecule has 1 aromatic carbocycles. The number of hydrogen-bond acceptors (Lipinski definition) is 4. The second-order valence-electron chi connectivity index (χ2n) is 8.50. The van der Waals surface area contributed by atoms with E-state index >= 15 is 4.39 Å². The summed E-state index contributed by atoms with van der Waals surface area (Å²) in [4.78, 5) is 26.2. The molecule has 29 heavy (non-hydrogen) atoms. The number of carboxylic acids is 1. The molecule has 3 aliphatic rings. The summed E-state index contributed by atoms with van der Waals surface area (Å²) in [5.41, 5.74) is 0.238. The van der Waals surface area contributed by atoms with Gasteiger partial charge in [0, 0.05) is 37.1 Å². The highest BCUT2D eigenvalue weighted by Gasteiger charge is 2.41. The van der Waals surface area contributed by atoms with Crippen molar-refractivity contribution in [2.45, 2.75) is 44.4 Å². The lowest BCUT2D eigenvalue weighted by Crippen LogP contribution is -2.40. The quantitative estimate of drug-likeness (QED) is 0.824. The van der Waals surface area contributed by atoms with Crippen molar-refractivity contribution in [1.82, 2.24) is 9.88 Å². The van der Waals surface area contributed by atoms with Crippen LogP contribution in [0.1, 0.15) is 41.2 Å². The zero-order valence-electron chi connectivity index (χ0n) is 16.1. The van der Waals surface area contributed by atoms with Crippen molar-refractivity contribution < 1.29 is 18.7 Å². The summed E-state index contributed by atoms with van der Waals surface area (Å²) in [6.07, 6.45) is 2.60. The highest BCUT2D eigenvalue weighted by atomic mass is 19.1. The number of rotatable bonds is 3. The van der Waals surface area contributed by atoms with E-state index in [2.05, 4.69) is 5.32 Å². The summed E-state index contributed by atoms with van der Waals surface area (Å²) < 4.78 is 30.6. The summed E-state index contributed by atoms with van der Waals surface area (Å²) >= 11 is 0. The van der Waals surface area contributed by atoms with Gasteiger partial charge >= 0.3 is 5.97 Å². The zero-order chi connectivity index (χ0) is 20.4. The molecular formula is C21H23F2N3O3.